The van der Waals surface area contributed by atoms with Crippen LogP contribution in [0.2, 0.25) is 5.02 Å². The molecule has 0 saturated heterocycles. The molecule has 1 saturated carbocycles. The molecular weight excluding hydrogens is 316 g/mol. The van der Waals surface area contributed by atoms with Gasteiger partial charge in [0.1, 0.15) is 5.75 Å². The maximum atomic E-state index is 9.93. The fourth-order valence-electron chi connectivity index (χ4n) is 4.58. The first kappa shape index (κ1) is 15.8. The predicted octanol–water partition coefficient (Wildman–Crippen LogP) is 6.57. The molecule has 2 aromatic carbocycles. The number of aromatic hydroxyl groups is 1. The van der Waals surface area contributed by atoms with E-state index >= 15 is 0 Å². The average molecular weight is 339 g/mol. The van der Waals surface area contributed by atoms with E-state index in [2.05, 4.69) is 24.3 Å². The standard InChI is InChI=1S/C22H23ClO/c23-18-9-7-16(8-10-18)20-14-22(11-2-1-3-12-22)15-21(20)17-5-4-6-19(24)13-17/h4-10,13-14,21,24H,1-3,11-12,15H2/t21-/m0/s1. The number of rotatable bonds is 2. The van der Waals surface area contributed by atoms with E-state index in [1.165, 1.54) is 48.8 Å². The number of phenols is 1. The fraction of sp³-hybridized carbons (Fsp3) is 0.364. The lowest BCUT2D eigenvalue weighted by Gasteiger charge is -2.32. The Morgan fingerprint density at radius 1 is 0.958 bits per heavy atom. The maximum Gasteiger partial charge on any atom is 0.115 e. The zero-order chi connectivity index (χ0) is 16.6. The normalized spacial score (nSPS) is 22.5. The Labute approximate surface area is 149 Å². The molecule has 0 unspecified atom stereocenters. The molecule has 24 heavy (non-hydrogen) atoms. The van der Waals surface area contributed by atoms with Gasteiger partial charge in [-0.05, 0) is 65.6 Å². The number of halogens is 1. The van der Waals surface area contributed by atoms with Crippen molar-refractivity contribution in [2.24, 2.45) is 5.41 Å². The minimum Gasteiger partial charge on any atom is -0.508 e. The van der Waals surface area contributed by atoms with Crippen molar-refractivity contribution in [3.8, 4) is 5.75 Å². The second-order valence-electron chi connectivity index (χ2n) is 7.38. The minimum atomic E-state index is 0.337. The number of benzene rings is 2. The van der Waals surface area contributed by atoms with Crippen molar-refractivity contribution in [3.05, 3.63) is 70.8 Å². The first-order valence-electron chi connectivity index (χ1n) is 8.93. The number of allylic oxidation sites excluding steroid dienone is 2. The van der Waals surface area contributed by atoms with Crippen LogP contribution in [0.3, 0.4) is 0 Å². The maximum absolute atomic E-state index is 9.93. The van der Waals surface area contributed by atoms with Gasteiger partial charge in [-0.15, -0.1) is 0 Å². The van der Waals surface area contributed by atoms with Crippen LogP contribution in [0.4, 0.5) is 0 Å². The van der Waals surface area contributed by atoms with E-state index in [9.17, 15) is 5.11 Å². The van der Waals surface area contributed by atoms with Crippen molar-refractivity contribution in [1.29, 1.82) is 0 Å². The van der Waals surface area contributed by atoms with E-state index < -0.39 is 0 Å². The molecule has 1 atom stereocenters. The van der Waals surface area contributed by atoms with E-state index in [1.807, 2.05) is 24.3 Å². The fourth-order valence-corrected chi connectivity index (χ4v) is 4.70. The molecule has 0 aromatic heterocycles. The van der Waals surface area contributed by atoms with Crippen LogP contribution in [0.1, 0.15) is 55.6 Å². The first-order chi connectivity index (χ1) is 11.7. The summed E-state index contributed by atoms with van der Waals surface area (Å²) in [6.07, 6.45) is 10.3. The van der Waals surface area contributed by atoms with E-state index in [1.54, 1.807) is 6.07 Å². The molecule has 124 valence electrons. The Balaban J connectivity index is 1.77. The number of hydrogen-bond donors (Lipinski definition) is 1. The largest absolute Gasteiger partial charge is 0.508 e. The summed E-state index contributed by atoms with van der Waals surface area (Å²) in [6, 6.07) is 16.0. The monoisotopic (exact) mass is 338 g/mol. The van der Waals surface area contributed by atoms with Gasteiger partial charge >= 0.3 is 0 Å². The topological polar surface area (TPSA) is 20.2 Å². The summed E-state index contributed by atoms with van der Waals surface area (Å²) in [5.41, 5.74) is 4.22. The summed E-state index contributed by atoms with van der Waals surface area (Å²) >= 11 is 6.08. The summed E-state index contributed by atoms with van der Waals surface area (Å²) in [4.78, 5) is 0. The van der Waals surface area contributed by atoms with Gasteiger partial charge in [-0.2, -0.15) is 0 Å². The number of phenolic OH excluding ortho intramolecular Hbond substituents is 1. The third kappa shape index (κ3) is 2.98. The first-order valence-corrected chi connectivity index (χ1v) is 9.31. The SMILES string of the molecule is Oc1cccc([C@@H]2CC3(C=C2c2ccc(Cl)cc2)CCCCC3)c1. The van der Waals surface area contributed by atoms with Crippen LogP contribution in [-0.4, -0.2) is 5.11 Å². The molecule has 2 aliphatic rings. The van der Waals surface area contributed by atoms with Gasteiger partial charge in [0.15, 0.2) is 0 Å². The molecular formula is C22H23ClO. The zero-order valence-corrected chi connectivity index (χ0v) is 14.6. The van der Waals surface area contributed by atoms with Crippen molar-refractivity contribution in [1.82, 2.24) is 0 Å². The lowest BCUT2D eigenvalue weighted by atomic mass is 9.72. The molecule has 1 nitrogen and oxygen atoms in total. The van der Waals surface area contributed by atoms with Crippen LogP contribution in [0.5, 0.6) is 5.75 Å². The van der Waals surface area contributed by atoms with Gasteiger partial charge in [-0.25, -0.2) is 0 Å². The lowest BCUT2D eigenvalue weighted by molar-refractivity contribution is 0.247. The quantitative estimate of drug-likeness (QED) is 0.656. The molecule has 2 aliphatic carbocycles. The van der Waals surface area contributed by atoms with Crippen molar-refractivity contribution in [2.75, 3.05) is 0 Å². The number of hydrogen-bond acceptors (Lipinski definition) is 1. The van der Waals surface area contributed by atoms with Gasteiger partial charge in [-0.1, -0.05) is 61.2 Å². The highest BCUT2D eigenvalue weighted by atomic mass is 35.5. The summed E-state index contributed by atoms with van der Waals surface area (Å²) in [5.74, 6) is 0.712. The molecule has 1 fully saturated rings. The van der Waals surface area contributed by atoms with E-state index in [0.717, 1.165) is 11.4 Å². The van der Waals surface area contributed by atoms with E-state index in [0.29, 0.717) is 17.1 Å². The highest BCUT2D eigenvalue weighted by Crippen LogP contribution is 2.55. The van der Waals surface area contributed by atoms with Crippen LogP contribution < -0.4 is 0 Å². The Kier molecular flexibility index (Phi) is 4.14. The van der Waals surface area contributed by atoms with Crippen LogP contribution >= 0.6 is 11.6 Å². The highest BCUT2D eigenvalue weighted by Gasteiger charge is 2.40. The smallest absolute Gasteiger partial charge is 0.115 e. The lowest BCUT2D eigenvalue weighted by Crippen LogP contribution is -2.19. The minimum absolute atomic E-state index is 0.337. The molecule has 2 heteroatoms. The third-order valence-corrected chi connectivity index (χ3v) is 6.00. The van der Waals surface area contributed by atoms with Crippen LogP contribution in [0, 0.1) is 5.41 Å². The summed E-state index contributed by atoms with van der Waals surface area (Å²) in [7, 11) is 0. The second kappa shape index (κ2) is 6.29. The molecule has 0 heterocycles. The average Bonchev–Trinajstić information content (AvgIpc) is 2.95. The highest BCUT2D eigenvalue weighted by molar-refractivity contribution is 6.30. The Bertz CT molecular complexity index is 754. The van der Waals surface area contributed by atoms with Crippen LogP contribution in [0.25, 0.3) is 5.57 Å². The molecule has 0 radical (unpaired) electrons. The van der Waals surface area contributed by atoms with Gasteiger partial charge in [0.25, 0.3) is 0 Å². The molecule has 4 rings (SSSR count). The van der Waals surface area contributed by atoms with Crippen molar-refractivity contribution >= 4 is 17.2 Å². The predicted molar refractivity (Wildman–Crippen MR) is 100 cm³/mol. The van der Waals surface area contributed by atoms with Gasteiger partial charge < -0.3 is 5.11 Å². The van der Waals surface area contributed by atoms with Crippen LogP contribution in [-0.2, 0) is 0 Å². The van der Waals surface area contributed by atoms with Gasteiger partial charge in [0.2, 0.25) is 0 Å². The van der Waals surface area contributed by atoms with E-state index in [4.69, 9.17) is 11.6 Å². The van der Waals surface area contributed by atoms with Crippen LogP contribution in [0.15, 0.2) is 54.6 Å². The van der Waals surface area contributed by atoms with Crippen molar-refractivity contribution in [2.45, 2.75) is 44.4 Å². The Hall–Kier alpha value is -1.73. The van der Waals surface area contributed by atoms with E-state index in [-0.39, 0.29) is 0 Å². The molecule has 0 amide bonds. The molecule has 0 aliphatic heterocycles. The van der Waals surface area contributed by atoms with Crippen molar-refractivity contribution in [3.63, 3.8) is 0 Å². The molecule has 1 spiro atoms. The van der Waals surface area contributed by atoms with Crippen molar-refractivity contribution < 1.29 is 5.11 Å². The summed E-state index contributed by atoms with van der Waals surface area (Å²) in [6.45, 7) is 0. The Morgan fingerprint density at radius 3 is 2.42 bits per heavy atom. The van der Waals surface area contributed by atoms with Gasteiger partial charge in [0, 0.05) is 10.9 Å². The molecule has 1 N–H and O–H groups in total. The van der Waals surface area contributed by atoms with Gasteiger partial charge in [0.05, 0.1) is 0 Å². The summed E-state index contributed by atoms with van der Waals surface area (Å²) < 4.78 is 0. The second-order valence-corrected chi connectivity index (χ2v) is 7.82. The Morgan fingerprint density at radius 2 is 1.71 bits per heavy atom. The third-order valence-electron chi connectivity index (χ3n) is 5.75. The molecule has 0 bridgehead atoms. The molecule has 2 aromatic rings. The van der Waals surface area contributed by atoms with Gasteiger partial charge in [-0.3, -0.25) is 0 Å². The summed E-state index contributed by atoms with van der Waals surface area (Å²) in [5, 5.41) is 10.7. The zero-order valence-electron chi connectivity index (χ0n) is 13.8.